The van der Waals surface area contributed by atoms with Gasteiger partial charge in [0.1, 0.15) is 0 Å². The molecule has 1 N–H and O–H groups in total. The third-order valence-electron chi connectivity index (χ3n) is 7.65. The van der Waals surface area contributed by atoms with E-state index in [0.717, 1.165) is 11.5 Å². The van der Waals surface area contributed by atoms with Crippen molar-refractivity contribution < 1.29 is 9.90 Å². The molecule has 5 heteroatoms. The van der Waals surface area contributed by atoms with Crippen molar-refractivity contribution in [3.05, 3.63) is 70.6 Å². The number of amides is 1. The van der Waals surface area contributed by atoms with Crippen LogP contribution in [0.15, 0.2) is 53.9 Å². The molecule has 1 amide bonds. The Bertz CT molecular complexity index is 1070. The number of carbonyl (C=O) groups is 1. The van der Waals surface area contributed by atoms with Crippen LogP contribution in [0.5, 0.6) is 0 Å². The summed E-state index contributed by atoms with van der Waals surface area (Å²) in [4.78, 5) is 14.6. The molecule has 0 bridgehead atoms. The Morgan fingerprint density at radius 1 is 1.06 bits per heavy atom. The summed E-state index contributed by atoms with van der Waals surface area (Å²) in [5.41, 5.74) is 3.67. The van der Waals surface area contributed by atoms with E-state index >= 15 is 0 Å². The Morgan fingerprint density at radius 2 is 1.79 bits per heavy atom. The summed E-state index contributed by atoms with van der Waals surface area (Å²) in [5.74, 6) is 2.08. The van der Waals surface area contributed by atoms with Gasteiger partial charge in [0, 0.05) is 23.4 Å². The molecular weight excluding hydrogens is 450 g/mol. The molecule has 1 saturated carbocycles. The predicted octanol–water partition coefficient (Wildman–Crippen LogP) is 7.00. The first kappa shape index (κ1) is 24.3. The van der Waals surface area contributed by atoms with Gasteiger partial charge in [0.15, 0.2) is 0 Å². The van der Waals surface area contributed by atoms with Gasteiger partial charge in [-0.1, -0.05) is 37.3 Å². The number of carbonyl (C=O) groups excluding carboxylic acids is 1. The third-order valence-corrected chi connectivity index (χ3v) is 8.63. The Morgan fingerprint density at radius 3 is 2.55 bits per heavy atom. The van der Waals surface area contributed by atoms with Crippen molar-refractivity contribution in [2.75, 3.05) is 13.1 Å². The number of fused-ring (bicyclic) bond motifs is 1. The summed E-state index contributed by atoms with van der Waals surface area (Å²) in [6, 6.07) is 17.1. The molecule has 1 aromatic heterocycles. The maximum absolute atomic E-state index is 12.8. The largest absolute Gasteiger partial charge is 0.393 e. The maximum Gasteiger partial charge on any atom is 0.253 e. The minimum atomic E-state index is -0.252. The van der Waals surface area contributed by atoms with Gasteiger partial charge in [0.25, 0.3) is 5.91 Å². The summed E-state index contributed by atoms with van der Waals surface area (Å²) in [5, 5.41) is 13.5. The fraction of sp³-hybridized carbons (Fsp3) is 0.464. The number of piperidine rings is 1. The lowest BCUT2D eigenvalue weighted by Crippen LogP contribution is -2.40. The molecule has 2 aromatic carbocycles. The standard InChI is InChI=1S/C28H33NO2S.ClH/c1-19(26-18-32-27-5-3-2-4-25(26)27)16-20-6-7-23(17-20)21-8-10-22(11-9-21)28(31)29-14-12-24(30)13-15-29;/h2-5,8-11,18-20,23-24,30H,6-7,12-17H2,1H3;1H/t19-,20?,23-;/m0./s1. The SMILES string of the molecule is C[C@@H](CC1CC[C@H](c2ccc(C(=O)N3CCC(O)CC3)cc2)C1)c1csc2ccccc12.Cl. The number of thiophene rings is 1. The monoisotopic (exact) mass is 483 g/mol. The number of benzene rings is 2. The molecule has 1 unspecified atom stereocenters. The number of halogens is 1. The van der Waals surface area contributed by atoms with Crippen molar-refractivity contribution in [2.45, 2.75) is 63.4 Å². The Hall–Kier alpha value is -1.88. The van der Waals surface area contributed by atoms with Crippen LogP contribution >= 0.6 is 23.7 Å². The van der Waals surface area contributed by atoms with Crippen LogP contribution in [-0.4, -0.2) is 35.1 Å². The summed E-state index contributed by atoms with van der Waals surface area (Å²) < 4.78 is 1.40. The highest BCUT2D eigenvalue weighted by molar-refractivity contribution is 7.17. The molecule has 2 fully saturated rings. The quantitative estimate of drug-likeness (QED) is 0.424. The number of hydrogen-bond acceptors (Lipinski definition) is 3. The zero-order valence-corrected chi connectivity index (χ0v) is 20.9. The van der Waals surface area contributed by atoms with Gasteiger partial charge < -0.3 is 10.0 Å². The number of aliphatic hydroxyl groups excluding tert-OH is 1. The van der Waals surface area contributed by atoms with Crippen molar-refractivity contribution in [1.29, 1.82) is 0 Å². The Labute approximate surface area is 207 Å². The van der Waals surface area contributed by atoms with E-state index in [-0.39, 0.29) is 24.4 Å². The molecule has 0 radical (unpaired) electrons. The predicted molar refractivity (Wildman–Crippen MR) is 140 cm³/mol. The minimum absolute atomic E-state index is 0. The van der Waals surface area contributed by atoms with Crippen molar-refractivity contribution in [3.63, 3.8) is 0 Å². The third kappa shape index (κ3) is 5.29. The van der Waals surface area contributed by atoms with Gasteiger partial charge in [-0.3, -0.25) is 4.79 Å². The maximum atomic E-state index is 12.8. The van der Waals surface area contributed by atoms with Gasteiger partial charge in [-0.05, 0) is 96.4 Å². The zero-order chi connectivity index (χ0) is 22.1. The van der Waals surface area contributed by atoms with E-state index in [9.17, 15) is 9.90 Å². The van der Waals surface area contributed by atoms with Crippen molar-refractivity contribution in [3.8, 4) is 0 Å². The second-order valence-corrected chi connectivity index (χ2v) is 10.8. The van der Waals surface area contributed by atoms with E-state index in [2.05, 4.69) is 48.7 Å². The summed E-state index contributed by atoms with van der Waals surface area (Å²) >= 11 is 1.87. The number of nitrogens with zero attached hydrogens (tertiary/aromatic N) is 1. The average molecular weight is 484 g/mol. The smallest absolute Gasteiger partial charge is 0.253 e. The molecule has 1 aliphatic heterocycles. The lowest BCUT2D eigenvalue weighted by Gasteiger charge is -2.29. The van der Waals surface area contributed by atoms with Gasteiger partial charge >= 0.3 is 0 Å². The van der Waals surface area contributed by atoms with Gasteiger partial charge in [0.2, 0.25) is 0 Å². The molecule has 3 aromatic rings. The van der Waals surface area contributed by atoms with E-state index in [1.165, 1.54) is 46.9 Å². The Balaban J connectivity index is 0.00000259. The molecule has 1 aliphatic carbocycles. The number of rotatable bonds is 5. The first-order chi connectivity index (χ1) is 15.6. The van der Waals surface area contributed by atoms with Crippen molar-refractivity contribution >= 4 is 39.7 Å². The fourth-order valence-corrected chi connectivity index (χ4v) is 6.83. The first-order valence-electron chi connectivity index (χ1n) is 12.1. The lowest BCUT2D eigenvalue weighted by molar-refractivity contribution is 0.0546. The molecule has 176 valence electrons. The second-order valence-electron chi connectivity index (χ2n) is 9.85. The normalized spacial score (nSPS) is 22.3. The molecule has 2 aliphatic rings. The van der Waals surface area contributed by atoms with E-state index in [1.54, 1.807) is 0 Å². The highest BCUT2D eigenvalue weighted by Crippen LogP contribution is 2.43. The zero-order valence-electron chi connectivity index (χ0n) is 19.3. The van der Waals surface area contributed by atoms with Gasteiger partial charge in [-0.2, -0.15) is 0 Å². The van der Waals surface area contributed by atoms with E-state index in [4.69, 9.17) is 0 Å². The van der Waals surface area contributed by atoms with Crippen LogP contribution in [0, 0.1) is 5.92 Å². The summed E-state index contributed by atoms with van der Waals surface area (Å²) in [6.45, 7) is 3.70. The highest BCUT2D eigenvalue weighted by atomic mass is 35.5. The topological polar surface area (TPSA) is 40.5 Å². The molecule has 5 rings (SSSR count). The molecule has 3 nitrogen and oxygen atoms in total. The van der Waals surface area contributed by atoms with Crippen LogP contribution in [0.25, 0.3) is 10.1 Å². The van der Waals surface area contributed by atoms with E-state index in [0.29, 0.717) is 37.8 Å². The molecule has 2 heterocycles. The van der Waals surface area contributed by atoms with Crippen LogP contribution < -0.4 is 0 Å². The lowest BCUT2D eigenvalue weighted by atomic mass is 9.88. The summed E-state index contributed by atoms with van der Waals surface area (Å²) in [6.07, 6.45) is 6.18. The van der Waals surface area contributed by atoms with Gasteiger partial charge in [-0.15, -0.1) is 23.7 Å². The number of aliphatic hydroxyl groups is 1. The summed E-state index contributed by atoms with van der Waals surface area (Å²) in [7, 11) is 0. The van der Waals surface area contributed by atoms with Gasteiger partial charge in [-0.25, -0.2) is 0 Å². The van der Waals surface area contributed by atoms with Crippen LogP contribution in [0.2, 0.25) is 0 Å². The van der Waals surface area contributed by atoms with Crippen molar-refractivity contribution in [2.24, 2.45) is 5.92 Å². The van der Waals surface area contributed by atoms with Crippen LogP contribution in [0.3, 0.4) is 0 Å². The second kappa shape index (κ2) is 10.6. The molecule has 0 spiro atoms. The van der Waals surface area contributed by atoms with Crippen LogP contribution in [0.4, 0.5) is 0 Å². The molecule has 1 saturated heterocycles. The minimum Gasteiger partial charge on any atom is -0.393 e. The molecule has 3 atom stereocenters. The Kier molecular flexibility index (Phi) is 7.78. The number of likely N-dealkylation sites (tertiary alicyclic amines) is 1. The molecular formula is C28H34ClNO2S. The van der Waals surface area contributed by atoms with Crippen molar-refractivity contribution in [1.82, 2.24) is 4.90 Å². The molecule has 33 heavy (non-hydrogen) atoms. The van der Waals surface area contributed by atoms with Crippen LogP contribution in [0.1, 0.15) is 78.8 Å². The van der Waals surface area contributed by atoms with Gasteiger partial charge in [0.05, 0.1) is 6.10 Å². The first-order valence-corrected chi connectivity index (χ1v) is 13.0. The van der Waals surface area contributed by atoms with Crippen LogP contribution in [-0.2, 0) is 0 Å². The van der Waals surface area contributed by atoms with E-state index in [1.807, 2.05) is 28.4 Å². The average Bonchev–Trinajstić information content (AvgIpc) is 3.46. The highest BCUT2D eigenvalue weighted by Gasteiger charge is 2.28. The fourth-order valence-electron chi connectivity index (χ4n) is 5.75. The number of hydrogen-bond donors (Lipinski definition) is 1. The van der Waals surface area contributed by atoms with E-state index < -0.39 is 0 Å².